The van der Waals surface area contributed by atoms with Crippen molar-refractivity contribution in [3.63, 3.8) is 0 Å². The van der Waals surface area contributed by atoms with Crippen LogP contribution >= 0.6 is 0 Å². The first kappa shape index (κ1) is 19.6. The maximum absolute atomic E-state index is 5.88. The van der Waals surface area contributed by atoms with Crippen LogP contribution in [0, 0.1) is 12.8 Å². The van der Waals surface area contributed by atoms with Crippen molar-refractivity contribution in [2.75, 3.05) is 0 Å². The Kier molecular flexibility index (Phi) is 4.10. The minimum absolute atomic E-state index is 0.264. The van der Waals surface area contributed by atoms with Crippen molar-refractivity contribution in [3.05, 3.63) is 102 Å². The summed E-state index contributed by atoms with van der Waals surface area (Å²) in [7, 11) is 0. The van der Waals surface area contributed by atoms with Gasteiger partial charge in [0.2, 0.25) is 0 Å². The van der Waals surface area contributed by atoms with Crippen LogP contribution in [0.4, 0.5) is 0 Å². The standard InChI is InChI=1S/C28H25N5O/c1-17-22-10-9-21-25(19-8-11-24-29-12-13-33(24)15-19)31-18(2)32-27(21)28(22,20-6-4-3-5-7-20)14-23-26(17)34-16-30-23/h3-8,11-13,15-17,22H,9-10,14H2,1-2H3/t17-,22-,28+/m0/s1. The zero-order valence-corrected chi connectivity index (χ0v) is 19.3. The van der Waals surface area contributed by atoms with Crippen LogP contribution in [0.1, 0.15) is 53.4 Å². The van der Waals surface area contributed by atoms with E-state index in [1.54, 1.807) is 6.39 Å². The summed E-state index contributed by atoms with van der Waals surface area (Å²) < 4.78 is 7.94. The highest BCUT2D eigenvalue weighted by molar-refractivity contribution is 5.67. The van der Waals surface area contributed by atoms with Gasteiger partial charge in [-0.25, -0.2) is 19.9 Å². The monoisotopic (exact) mass is 447 g/mol. The summed E-state index contributed by atoms with van der Waals surface area (Å²) in [6, 6.07) is 15.1. The van der Waals surface area contributed by atoms with Gasteiger partial charge in [0, 0.05) is 47.5 Å². The Morgan fingerprint density at radius 1 is 1.06 bits per heavy atom. The van der Waals surface area contributed by atoms with Crippen molar-refractivity contribution in [3.8, 4) is 11.3 Å². The summed E-state index contributed by atoms with van der Waals surface area (Å²) in [6.07, 6.45) is 10.3. The van der Waals surface area contributed by atoms with Crippen LogP contribution < -0.4 is 0 Å². The zero-order valence-electron chi connectivity index (χ0n) is 19.3. The van der Waals surface area contributed by atoms with Gasteiger partial charge in [0.1, 0.15) is 17.2 Å². The van der Waals surface area contributed by atoms with E-state index in [4.69, 9.17) is 14.4 Å². The van der Waals surface area contributed by atoms with E-state index >= 15 is 0 Å². The van der Waals surface area contributed by atoms with E-state index in [-0.39, 0.29) is 11.3 Å². The molecule has 0 spiro atoms. The Bertz CT molecular complexity index is 1540. The lowest BCUT2D eigenvalue weighted by Gasteiger charge is -2.50. The van der Waals surface area contributed by atoms with Crippen molar-refractivity contribution in [2.24, 2.45) is 5.92 Å². The molecule has 0 unspecified atom stereocenters. The first-order valence-corrected chi connectivity index (χ1v) is 11.9. The quantitative estimate of drug-likeness (QED) is 0.367. The summed E-state index contributed by atoms with van der Waals surface area (Å²) in [4.78, 5) is 19.2. The number of pyridine rings is 1. The normalized spacial score (nSPS) is 23.4. The highest BCUT2D eigenvalue weighted by Crippen LogP contribution is 2.57. The van der Waals surface area contributed by atoms with Crippen molar-refractivity contribution in [1.82, 2.24) is 24.3 Å². The van der Waals surface area contributed by atoms with Crippen LogP contribution in [0.15, 0.2) is 71.9 Å². The van der Waals surface area contributed by atoms with Gasteiger partial charge in [-0.3, -0.25) is 0 Å². The number of benzene rings is 1. The third-order valence-corrected chi connectivity index (χ3v) is 7.97. The number of nitrogens with zero attached hydrogens (tertiary/aromatic N) is 5. The van der Waals surface area contributed by atoms with Crippen molar-refractivity contribution >= 4 is 5.65 Å². The number of hydrogen-bond donors (Lipinski definition) is 0. The molecule has 0 aliphatic heterocycles. The van der Waals surface area contributed by atoms with Crippen LogP contribution in [-0.2, 0) is 18.3 Å². The second-order valence-electron chi connectivity index (χ2n) is 9.67. The van der Waals surface area contributed by atoms with Gasteiger partial charge in [-0.2, -0.15) is 0 Å². The van der Waals surface area contributed by atoms with E-state index in [1.807, 2.05) is 19.3 Å². The second-order valence-corrected chi connectivity index (χ2v) is 9.67. The molecule has 4 heterocycles. The fourth-order valence-electron chi connectivity index (χ4n) is 6.53. The number of hydrogen-bond acceptors (Lipinski definition) is 5. The van der Waals surface area contributed by atoms with Gasteiger partial charge in [0.25, 0.3) is 0 Å². The van der Waals surface area contributed by atoms with Crippen LogP contribution in [0.2, 0.25) is 0 Å². The van der Waals surface area contributed by atoms with Crippen LogP contribution in [-0.4, -0.2) is 24.3 Å². The molecule has 6 nitrogen and oxygen atoms in total. The van der Waals surface area contributed by atoms with E-state index in [0.29, 0.717) is 5.92 Å². The fraction of sp³-hybridized carbons (Fsp3) is 0.286. The SMILES string of the molecule is Cc1nc(-c2ccc3nccn3c2)c2c(n1)[C@@]1(c3ccccc3)Cc3ncoc3[C@@H](C)[C@@H]1CC2. The lowest BCUT2D eigenvalue weighted by atomic mass is 9.53. The second kappa shape index (κ2) is 7.10. The van der Waals surface area contributed by atoms with Gasteiger partial charge in [-0.1, -0.05) is 37.3 Å². The molecule has 7 rings (SSSR count). The molecule has 0 saturated carbocycles. The number of oxazole rings is 1. The molecule has 1 aromatic carbocycles. The molecule has 0 radical (unpaired) electrons. The minimum Gasteiger partial charge on any atom is -0.448 e. The fourth-order valence-corrected chi connectivity index (χ4v) is 6.53. The summed E-state index contributed by atoms with van der Waals surface area (Å²) in [5, 5.41) is 0. The Morgan fingerprint density at radius 2 is 1.94 bits per heavy atom. The Hall–Kier alpha value is -3.80. The van der Waals surface area contributed by atoms with Crippen LogP contribution in [0.5, 0.6) is 0 Å². The van der Waals surface area contributed by atoms with Crippen molar-refractivity contribution in [2.45, 2.75) is 44.4 Å². The average molecular weight is 448 g/mol. The molecule has 2 aliphatic rings. The lowest BCUT2D eigenvalue weighted by molar-refractivity contribution is 0.196. The Labute approximate surface area is 197 Å². The molecule has 2 aliphatic carbocycles. The van der Waals surface area contributed by atoms with Gasteiger partial charge in [0.05, 0.1) is 17.1 Å². The Morgan fingerprint density at radius 3 is 2.82 bits per heavy atom. The van der Waals surface area contributed by atoms with E-state index in [2.05, 4.69) is 70.0 Å². The molecule has 4 aromatic heterocycles. The van der Waals surface area contributed by atoms with E-state index in [1.165, 1.54) is 11.1 Å². The maximum Gasteiger partial charge on any atom is 0.181 e. The molecule has 34 heavy (non-hydrogen) atoms. The van der Waals surface area contributed by atoms with E-state index in [9.17, 15) is 0 Å². The smallest absolute Gasteiger partial charge is 0.181 e. The summed E-state index contributed by atoms with van der Waals surface area (Å²) in [5.74, 6) is 2.48. The summed E-state index contributed by atoms with van der Waals surface area (Å²) >= 11 is 0. The largest absolute Gasteiger partial charge is 0.448 e. The molecule has 0 fully saturated rings. The topological polar surface area (TPSA) is 69.1 Å². The van der Waals surface area contributed by atoms with Gasteiger partial charge in [-0.15, -0.1) is 0 Å². The first-order chi connectivity index (χ1) is 16.6. The molecule has 0 N–H and O–H groups in total. The Balaban J connectivity index is 1.52. The van der Waals surface area contributed by atoms with Gasteiger partial charge >= 0.3 is 0 Å². The zero-order chi connectivity index (χ0) is 22.9. The maximum atomic E-state index is 5.88. The summed E-state index contributed by atoms with van der Waals surface area (Å²) in [5.41, 5.74) is 7.57. The molecule has 0 saturated heterocycles. The number of imidazole rings is 1. The first-order valence-electron chi connectivity index (χ1n) is 11.9. The number of aromatic nitrogens is 5. The number of fused-ring (bicyclic) bond motifs is 5. The minimum atomic E-state index is -0.264. The molecular weight excluding hydrogens is 422 g/mol. The molecule has 3 atom stereocenters. The van der Waals surface area contributed by atoms with E-state index < -0.39 is 0 Å². The summed E-state index contributed by atoms with van der Waals surface area (Å²) in [6.45, 7) is 4.30. The molecule has 168 valence electrons. The molecular formula is C28H25N5O. The molecule has 5 aromatic rings. The molecule has 0 amide bonds. The predicted molar refractivity (Wildman–Crippen MR) is 129 cm³/mol. The number of aryl methyl sites for hydroxylation is 1. The van der Waals surface area contributed by atoms with Crippen molar-refractivity contribution < 1.29 is 4.42 Å². The van der Waals surface area contributed by atoms with E-state index in [0.717, 1.165) is 59.1 Å². The highest BCUT2D eigenvalue weighted by atomic mass is 16.3. The third kappa shape index (κ3) is 2.62. The van der Waals surface area contributed by atoms with Gasteiger partial charge in [-0.05, 0) is 43.4 Å². The van der Waals surface area contributed by atoms with Crippen LogP contribution in [0.3, 0.4) is 0 Å². The van der Waals surface area contributed by atoms with Gasteiger partial charge < -0.3 is 8.82 Å². The highest BCUT2D eigenvalue weighted by Gasteiger charge is 2.54. The number of rotatable bonds is 2. The van der Waals surface area contributed by atoms with Crippen molar-refractivity contribution in [1.29, 1.82) is 0 Å². The molecule has 0 bridgehead atoms. The van der Waals surface area contributed by atoms with Gasteiger partial charge in [0.15, 0.2) is 6.39 Å². The third-order valence-electron chi connectivity index (χ3n) is 7.97. The van der Waals surface area contributed by atoms with Crippen LogP contribution in [0.25, 0.3) is 16.9 Å². The lowest BCUT2D eigenvalue weighted by Crippen LogP contribution is -2.48. The molecule has 6 heteroatoms. The predicted octanol–water partition coefficient (Wildman–Crippen LogP) is 5.30. The average Bonchev–Trinajstić information content (AvgIpc) is 3.53.